The summed E-state index contributed by atoms with van der Waals surface area (Å²) in [6.07, 6.45) is -0.943. The zero-order valence-corrected chi connectivity index (χ0v) is 17.6. The third kappa shape index (κ3) is 4.22. The summed E-state index contributed by atoms with van der Waals surface area (Å²) in [4.78, 5) is 31.0. The second-order valence-electron chi connectivity index (χ2n) is 7.01. The molecule has 2 aromatic carbocycles. The van der Waals surface area contributed by atoms with Gasteiger partial charge in [0.05, 0.1) is 13.2 Å². The molecule has 0 spiro atoms. The van der Waals surface area contributed by atoms with Crippen LogP contribution >= 0.6 is 11.8 Å². The molecule has 0 amide bonds. The molecule has 31 heavy (non-hydrogen) atoms. The Kier molecular flexibility index (Phi) is 6.12. The van der Waals surface area contributed by atoms with E-state index in [-0.39, 0.29) is 30.9 Å². The number of aliphatic hydroxyl groups is 2. The van der Waals surface area contributed by atoms with Gasteiger partial charge in [0.2, 0.25) is 0 Å². The van der Waals surface area contributed by atoms with Crippen molar-refractivity contribution >= 4 is 33.7 Å². The van der Waals surface area contributed by atoms with Crippen LogP contribution in [0, 0.1) is 0 Å². The number of nitrogens with one attached hydrogen (secondary N) is 1. The average Bonchev–Trinajstić information content (AvgIpc) is 3.13. The Hall–Kier alpha value is -3.08. The lowest BCUT2D eigenvalue weighted by molar-refractivity contribution is 0.0921. The van der Waals surface area contributed by atoms with Crippen molar-refractivity contribution < 1.29 is 14.9 Å². The number of H-pyrrole nitrogens is 1. The number of aryl methyl sites for hydroxylation is 1. The van der Waals surface area contributed by atoms with Crippen LogP contribution in [0.15, 0.2) is 57.2 Å². The SMILES string of the molecule is Cn1c(=O)[nH]c(=O)c2c1nc(SCCO)n2C[C@@H](O)COc1cccc2ccccc12. The van der Waals surface area contributed by atoms with Crippen LogP contribution in [-0.4, -0.2) is 54.4 Å². The van der Waals surface area contributed by atoms with E-state index < -0.39 is 17.4 Å². The minimum absolute atomic E-state index is 0.00144. The highest BCUT2D eigenvalue weighted by atomic mass is 32.2. The number of imidazole rings is 1. The number of rotatable bonds is 8. The second-order valence-corrected chi connectivity index (χ2v) is 8.07. The van der Waals surface area contributed by atoms with E-state index in [1.807, 2.05) is 42.5 Å². The van der Waals surface area contributed by atoms with Crippen LogP contribution < -0.4 is 16.0 Å². The van der Waals surface area contributed by atoms with Crippen molar-refractivity contribution in [3.05, 3.63) is 63.3 Å². The summed E-state index contributed by atoms with van der Waals surface area (Å²) in [5, 5.41) is 22.2. The van der Waals surface area contributed by atoms with E-state index in [2.05, 4.69) is 9.97 Å². The molecule has 2 aromatic heterocycles. The fraction of sp³-hybridized carbons (Fsp3) is 0.286. The number of benzene rings is 2. The number of nitrogens with zero attached hydrogens (tertiary/aromatic N) is 3. The predicted molar refractivity (Wildman–Crippen MR) is 119 cm³/mol. The standard InChI is InChI=1S/C21H22N4O5S/c1-24-18-17(19(28)23-20(24)29)25(21(22-18)31-10-9-26)11-14(27)12-30-16-8-4-6-13-5-2-3-7-15(13)16/h2-8,14,26-27H,9-12H2,1H3,(H,23,28,29)/t14-/m1/s1. The van der Waals surface area contributed by atoms with Gasteiger partial charge in [-0.3, -0.25) is 14.3 Å². The van der Waals surface area contributed by atoms with Crippen LogP contribution in [0.25, 0.3) is 21.9 Å². The third-order valence-corrected chi connectivity index (χ3v) is 5.83. The van der Waals surface area contributed by atoms with Gasteiger partial charge in [-0.25, -0.2) is 9.78 Å². The lowest BCUT2D eigenvalue weighted by Gasteiger charge is -2.16. The van der Waals surface area contributed by atoms with Crippen molar-refractivity contribution in [2.24, 2.45) is 7.05 Å². The first-order chi connectivity index (χ1) is 15.0. The van der Waals surface area contributed by atoms with Gasteiger partial charge in [0.15, 0.2) is 16.3 Å². The summed E-state index contributed by atoms with van der Waals surface area (Å²) in [6, 6.07) is 13.5. The first-order valence-electron chi connectivity index (χ1n) is 9.71. The zero-order chi connectivity index (χ0) is 22.0. The molecule has 4 aromatic rings. The van der Waals surface area contributed by atoms with E-state index in [4.69, 9.17) is 4.74 Å². The molecular formula is C21H22N4O5S. The van der Waals surface area contributed by atoms with Crippen LogP contribution in [0.2, 0.25) is 0 Å². The fourth-order valence-corrected chi connectivity index (χ4v) is 4.15. The summed E-state index contributed by atoms with van der Waals surface area (Å²) < 4.78 is 8.67. The molecule has 162 valence electrons. The zero-order valence-electron chi connectivity index (χ0n) is 16.8. The van der Waals surface area contributed by atoms with Crippen molar-refractivity contribution in [3.63, 3.8) is 0 Å². The summed E-state index contributed by atoms with van der Waals surface area (Å²) in [7, 11) is 1.51. The van der Waals surface area contributed by atoms with Crippen molar-refractivity contribution in [3.8, 4) is 5.75 Å². The van der Waals surface area contributed by atoms with Crippen molar-refractivity contribution in [2.75, 3.05) is 19.0 Å². The predicted octanol–water partition coefficient (Wildman–Crippen LogP) is 1.10. The second kappa shape index (κ2) is 8.96. The number of ether oxygens (including phenoxy) is 1. The van der Waals surface area contributed by atoms with Gasteiger partial charge in [0.25, 0.3) is 5.56 Å². The van der Waals surface area contributed by atoms with Gasteiger partial charge in [0.1, 0.15) is 18.5 Å². The number of aliphatic hydroxyl groups excluding tert-OH is 2. The Labute approximate surface area is 180 Å². The van der Waals surface area contributed by atoms with E-state index in [1.165, 1.54) is 23.4 Å². The molecular weight excluding hydrogens is 420 g/mol. The quantitative estimate of drug-likeness (QED) is 0.349. The molecule has 0 aliphatic rings. The van der Waals surface area contributed by atoms with Crippen LogP contribution in [0.3, 0.4) is 0 Å². The molecule has 0 saturated carbocycles. The van der Waals surface area contributed by atoms with Crippen molar-refractivity contribution in [1.82, 2.24) is 19.1 Å². The largest absolute Gasteiger partial charge is 0.490 e. The monoisotopic (exact) mass is 442 g/mol. The Morgan fingerprint density at radius 3 is 2.77 bits per heavy atom. The Bertz CT molecular complexity index is 1340. The first kappa shape index (κ1) is 21.2. The summed E-state index contributed by atoms with van der Waals surface area (Å²) >= 11 is 1.24. The number of aromatic nitrogens is 4. The van der Waals surface area contributed by atoms with Gasteiger partial charge in [-0.2, -0.15) is 0 Å². The summed E-state index contributed by atoms with van der Waals surface area (Å²) in [5.41, 5.74) is -0.743. The van der Waals surface area contributed by atoms with Gasteiger partial charge in [-0.1, -0.05) is 48.2 Å². The molecule has 2 heterocycles. The maximum atomic E-state index is 12.5. The molecule has 10 heteroatoms. The minimum Gasteiger partial charge on any atom is -0.490 e. The Morgan fingerprint density at radius 1 is 1.19 bits per heavy atom. The van der Waals surface area contributed by atoms with Crippen molar-refractivity contribution in [1.29, 1.82) is 0 Å². The normalized spacial score (nSPS) is 12.5. The van der Waals surface area contributed by atoms with Crippen LogP contribution in [0.4, 0.5) is 0 Å². The molecule has 0 fully saturated rings. The first-order valence-corrected chi connectivity index (χ1v) is 10.7. The topological polar surface area (TPSA) is 122 Å². The maximum absolute atomic E-state index is 12.5. The molecule has 0 aliphatic heterocycles. The highest BCUT2D eigenvalue weighted by Crippen LogP contribution is 2.26. The summed E-state index contributed by atoms with van der Waals surface area (Å²) in [5.74, 6) is 1.01. The lowest BCUT2D eigenvalue weighted by Crippen LogP contribution is -2.30. The van der Waals surface area contributed by atoms with Crippen LogP contribution in [-0.2, 0) is 13.6 Å². The molecule has 0 saturated heterocycles. The Morgan fingerprint density at radius 2 is 1.97 bits per heavy atom. The molecule has 3 N–H and O–H groups in total. The van der Waals surface area contributed by atoms with E-state index in [1.54, 1.807) is 4.57 Å². The van der Waals surface area contributed by atoms with E-state index >= 15 is 0 Å². The number of thioether (sulfide) groups is 1. The summed E-state index contributed by atoms with van der Waals surface area (Å²) in [6.45, 7) is -0.0341. The number of hydrogen-bond acceptors (Lipinski definition) is 7. The molecule has 0 aliphatic carbocycles. The van der Waals surface area contributed by atoms with Crippen molar-refractivity contribution in [2.45, 2.75) is 17.8 Å². The number of aromatic amines is 1. The van der Waals surface area contributed by atoms with Gasteiger partial charge in [0, 0.05) is 18.2 Å². The smallest absolute Gasteiger partial charge is 0.329 e. The third-order valence-electron chi connectivity index (χ3n) is 4.87. The molecule has 4 rings (SSSR count). The molecule has 0 bridgehead atoms. The minimum atomic E-state index is -0.943. The molecule has 0 unspecified atom stereocenters. The van der Waals surface area contributed by atoms with E-state index in [9.17, 15) is 19.8 Å². The van der Waals surface area contributed by atoms with Crippen LogP contribution in [0.5, 0.6) is 5.75 Å². The fourth-order valence-electron chi connectivity index (χ4n) is 3.40. The molecule has 9 nitrogen and oxygen atoms in total. The van der Waals surface area contributed by atoms with E-state index in [0.29, 0.717) is 16.7 Å². The number of fused-ring (bicyclic) bond motifs is 2. The molecule has 1 atom stereocenters. The van der Waals surface area contributed by atoms with Gasteiger partial charge in [-0.15, -0.1) is 0 Å². The maximum Gasteiger partial charge on any atom is 0.329 e. The van der Waals surface area contributed by atoms with Gasteiger partial charge in [-0.05, 0) is 11.5 Å². The van der Waals surface area contributed by atoms with Gasteiger partial charge < -0.3 is 19.5 Å². The lowest BCUT2D eigenvalue weighted by atomic mass is 10.1. The highest BCUT2D eigenvalue weighted by molar-refractivity contribution is 7.99. The number of hydrogen-bond donors (Lipinski definition) is 3. The van der Waals surface area contributed by atoms with E-state index in [0.717, 1.165) is 10.8 Å². The average molecular weight is 442 g/mol. The highest BCUT2D eigenvalue weighted by Gasteiger charge is 2.20. The molecule has 0 radical (unpaired) electrons. The van der Waals surface area contributed by atoms with Gasteiger partial charge >= 0.3 is 5.69 Å². The Balaban J connectivity index is 1.61. The van der Waals surface area contributed by atoms with Crippen LogP contribution in [0.1, 0.15) is 0 Å².